The molecule has 8 nitrogen and oxygen atoms in total. The molecule has 1 saturated heterocycles. The third-order valence-electron chi connectivity index (χ3n) is 3.62. The molecule has 0 radical (unpaired) electrons. The van der Waals surface area contributed by atoms with E-state index in [1.54, 1.807) is 23.6 Å². The first-order valence-corrected chi connectivity index (χ1v) is 7.26. The highest BCUT2D eigenvalue weighted by molar-refractivity contribution is 5.91. The second-order valence-electron chi connectivity index (χ2n) is 5.33. The molecular weight excluding hydrogens is 327 g/mol. The Kier molecular flexibility index (Phi) is 4.32. The molecule has 1 aliphatic heterocycles. The van der Waals surface area contributed by atoms with E-state index in [1.807, 2.05) is 4.90 Å². The van der Waals surface area contributed by atoms with Gasteiger partial charge in [0.1, 0.15) is 0 Å². The van der Waals surface area contributed by atoms with Gasteiger partial charge in [0.25, 0.3) is 0 Å². The van der Waals surface area contributed by atoms with Crippen LogP contribution in [0.3, 0.4) is 0 Å². The number of nitrogens with zero attached hydrogens (tertiary/aromatic N) is 5. The standard InChI is InChI=1S/C13H14F3N7O/c14-13(15,16)10-20-11(22-21-10)19-9(24)8-3-1-6-23(7-8)12-17-4-2-5-18-12/h2,4-5,8H,1,3,6-7H2,(H2,19,20,21,22,24). The number of H-pyrrole nitrogens is 1. The molecule has 11 heteroatoms. The summed E-state index contributed by atoms with van der Waals surface area (Å²) < 4.78 is 37.4. The smallest absolute Gasteiger partial charge is 0.340 e. The Morgan fingerprint density at radius 3 is 2.75 bits per heavy atom. The Morgan fingerprint density at radius 2 is 2.08 bits per heavy atom. The van der Waals surface area contributed by atoms with Crippen LogP contribution in [0.2, 0.25) is 0 Å². The van der Waals surface area contributed by atoms with Crippen molar-refractivity contribution in [3.05, 3.63) is 24.3 Å². The fraction of sp³-hybridized carbons (Fsp3) is 0.462. The van der Waals surface area contributed by atoms with Crippen LogP contribution in [0.4, 0.5) is 25.1 Å². The van der Waals surface area contributed by atoms with Gasteiger partial charge in [-0.25, -0.2) is 9.97 Å². The number of halogens is 3. The van der Waals surface area contributed by atoms with Gasteiger partial charge in [-0.3, -0.25) is 15.2 Å². The van der Waals surface area contributed by atoms with Crippen LogP contribution in [0.1, 0.15) is 18.7 Å². The summed E-state index contributed by atoms with van der Waals surface area (Å²) in [6.07, 6.45) is -0.0528. The number of carbonyl (C=O) groups is 1. The molecule has 1 unspecified atom stereocenters. The van der Waals surface area contributed by atoms with Gasteiger partial charge in [0, 0.05) is 25.5 Å². The van der Waals surface area contributed by atoms with Crippen LogP contribution in [-0.4, -0.2) is 44.1 Å². The van der Waals surface area contributed by atoms with Crippen LogP contribution in [0.15, 0.2) is 18.5 Å². The topological polar surface area (TPSA) is 99.7 Å². The summed E-state index contributed by atoms with van der Waals surface area (Å²) in [5, 5.41) is 7.44. The fourth-order valence-corrected chi connectivity index (χ4v) is 2.48. The predicted molar refractivity (Wildman–Crippen MR) is 77.0 cm³/mol. The van der Waals surface area contributed by atoms with Crippen molar-refractivity contribution >= 4 is 17.8 Å². The lowest BCUT2D eigenvalue weighted by Gasteiger charge is -2.31. The number of aromatic nitrogens is 5. The van der Waals surface area contributed by atoms with Gasteiger partial charge in [0.05, 0.1) is 5.92 Å². The summed E-state index contributed by atoms with van der Waals surface area (Å²) >= 11 is 0. The van der Waals surface area contributed by atoms with Crippen LogP contribution < -0.4 is 10.2 Å². The number of anilines is 2. The van der Waals surface area contributed by atoms with Gasteiger partial charge < -0.3 is 4.90 Å². The molecule has 24 heavy (non-hydrogen) atoms. The molecule has 0 spiro atoms. The van der Waals surface area contributed by atoms with Crippen molar-refractivity contribution in [3.63, 3.8) is 0 Å². The number of piperidine rings is 1. The average molecular weight is 341 g/mol. The summed E-state index contributed by atoms with van der Waals surface area (Å²) in [6.45, 7) is 1.10. The normalized spacial score (nSPS) is 18.5. The summed E-state index contributed by atoms with van der Waals surface area (Å²) in [7, 11) is 0. The van der Waals surface area contributed by atoms with Crippen LogP contribution in [0.25, 0.3) is 0 Å². The molecule has 3 rings (SSSR count). The second-order valence-corrected chi connectivity index (χ2v) is 5.33. The Bertz CT molecular complexity index is 703. The lowest BCUT2D eigenvalue weighted by atomic mass is 9.97. The van der Waals surface area contributed by atoms with Crippen molar-refractivity contribution in [2.45, 2.75) is 19.0 Å². The molecule has 2 aromatic heterocycles. The first kappa shape index (κ1) is 16.1. The molecule has 1 amide bonds. The molecule has 1 fully saturated rings. The van der Waals surface area contributed by atoms with E-state index in [9.17, 15) is 18.0 Å². The van der Waals surface area contributed by atoms with Crippen molar-refractivity contribution in [1.82, 2.24) is 25.1 Å². The summed E-state index contributed by atoms with van der Waals surface area (Å²) in [6, 6.07) is 1.69. The van der Waals surface area contributed by atoms with E-state index in [0.717, 1.165) is 6.42 Å². The van der Waals surface area contributed by atoms with Crippen molar-refractivity contribution in [3.8, 4) is 0 Å². The van der Waals surface area contributed by atoms with Crippen LogP contribution in [-0.2, 0) is 11.0 Å². The van der Waals surface area contributed by atoms with E-state index >= 15 is 0 Å². The highest BCUT2D eigenvalue weighted by Crippen LogP contribution is 2.26. The minimum absolute atomic E-state index is 0.381. The number of nitrogens with one attached hydrogen (secondary N) is 2. The molecule has 0 saturated carbocycles. The maximum atomic E-state index is 12.5. The Morgan fingerprint density at radius 1 is 1.33 bits per heavy atom. The predicted octanol–water partition coefficient (Wildman–Crippen LogP) is 1.47. The minimum atomic E-state index is -4.64. The largest absolute Gasteiger partial charge is 0.451 e. The zero-order chi connectivity index (χ0) is 17.2. The fourth-order valence-electron chi connectivity index (χ4n) is 2.48. The van der Waals surface area contributed by atoms with Gasteiger partial charge in [-0.05, 0) is 18.9 Å². The minimum Gasteiger partial charge on any atom is -0.340 e. The van der Waals surface area contributed by atoms with E-state index in [4.69, 9.17) is 0 Å². The van der Waals surface area contributed by atoms with Gasteiger partial charge in [-0.2, -0.15) is 18.2 Å². The maximum absolute atomic E-state index is 12.5. The number of aromatic amines is 1. The maximum Gasteiger partial charge on any atom is 0.451 e. The number of hydrogen-bond acceptors (Lipinski definition) is 6. The summed E-state index contributed by atoms with van der Waals surface area (Å²) in [4.78, 5) is 25.6. The number of alkyl halides is 3. The molecule has 0 bridgehead atoms. The quantitative estimate of drug-likeness (QED) is 0.877. The van der Waals surface area contributed by atoms with Gasteiger partial charge in [0.2, 0.25) is 23.6 Å². The van der Waals surface area contributed by atoms with E-state index in [1.165, 1.54) is 0 Å². The van der Waals surface area contributed by atoms with Crippen molar-refractivity contribution < 1.29 is 18.0 Å². The summed E-state index contributed by atoms with van der Waals surface area (Å²) in [5.41, 5.74) is 0. The Hall–Kier alpha value is -2.72. The lowest BCUT2D eigenvalue weighted by molar-refractivity contribution is -0.144. The van der Waals surface area contributed by atoms with Crippen LogP contribution in [0, 0.1) is 5.92 Å². The van der Waals surface area contributed by atoms with Gasteiger partial charge in [-0.15, -0.1) is 5.10 Å². The first-order chi connectivity index (χ1) is 11.4. The second kappa shape index (κ2) is 6.42. The molecule has 128 valence electrons. The molecule has 1 atom stereocenters. The molecular formula is C13H14F3N7O. The zero-order valence-corrected chi connectivity index (χ0v) is 12.4. The number of rotatable bonds is 3. The monoisotopic (exact) mass is 341 g/mol. The third kappa shape index (κ3) is 3.60. The van der Waals surface area contributed by atoms with E-state index in [-0.39, 0.29) is 5.95 Å². The SMILES string of the molecule is O=C(Nc1n[nH]c(C(F)(F)F)n1)C1CCCN(c2ncccn2)C1. The molecule has 2 aromatic rings. The average Bonchev–Trinajstić information content (AvgIpc) is 3.05. The Balaban J connectivity index is 1.63. The molecule has 0 aromatic carbocycles. The molecule has 0 aliphatic carbocycles. The van der Waals surface area contributed by atoms with Crippen LogP contribution >= 0.6 is 0 Å². The number of carbonyl (C=O) groups excluding carboxylic acids is 1. The lowest BCUT2D eigenvalue weighted by Crippen LogP contribution is -2.41. The third-order valence-corrected chi connectivity index (χ3v) is 3.62. The Labute approximate surface area is 134 Å². The van der Waals surface area contributed by atoms with Crippen molar-refractivity contribution in [2.24, 2.45) is 5.92 Å². The highest BCUT2D eigenvalue weighted by Gasteiger charge is 2.36. The van der Waals surface area contributed by atoms with Crippen molar-refractivity contribution in [2.75, 3.05) is 23.3 Å². The van der Waals surface area contributed by atoms with Gasteiger partial charge in [-0.1, -0.05) is 0 Å². The number of amides is 1. The van der Waals surface area contributed by atoms with Crippen molar-refractivity contribution in [1.29, 1.82) is 0 Å². The molecule has 3 heterocycles. The van der Waals surface area contributed by atoms with Gasteiger partial charge >= 0.3 is 6.18 Å². The molecule has 1 aliphatic rings. The van der Waals surface area contributed by atoms with E-state index in [2.05, 4.69) is 25.4 Å². The van der Waals surface area contributed by atoms with Crippen LogP contribution in [0.5, 0.6) is 0 Å². The molecule has 2 N–H and O–H groups in total. The zero-order valence-electron chi connectivity index (χ0n) is 12.4. The van der Waals surface area contributed by atoms with E-state index in [0.29, 0.717) is 25.5 Å². The first-order valence-electron chi connectivity index (χ1n) is 7.26. The number of hydrogen-bond donors (Lipinski definition) is 2. The highest BCUT2D eigenvalue weighted by atomic mass is 19.4. The van der Waals surface area contributed by atoms with E-state index < -0.39 is 23.8 Å². The summed E-state index contributed by atoms with van der Waals surface area (Å²) in [5.74, 6) is -1.95. The van der Waals surface area contributed by atoms with Gasteiger partial charge in [0.15, 0.2) is 0 Å².